The molecule has 0 aliphatic carbocycles. The normalized spacial score (nSPS) is 11.7. The monoisotopic (exact) mass is 352 g/mol. The van der Waals surface area contributed by atoms with Crippen molar-refractivity contribution in [2.75, 3.05) is 5.32 Å². The van der Waals surface area contributed by atoms with Crippen molar-refractivity contribution in [1.29, 1.82) is 0 Å². The van der Waals surface area contributed by atoms with Gasteiger partial charge >= 0.3 is 0 Å². The lowest BCUT2D eigenvalue weighted by molar-refractivity contribution is -0.111. The van der Waals surface area contributed by atoms with E-state index in [0.29, 0.717) is 5.69 Å². The molecule has 0 aliphatic rings. The van der Waals surface area contributed by atoms with Crippen LogP contribution < -0.4 is 10.5 Å². The van der Waals surface area contributed by atoms with Crippen molar-refractivity contribution < 1.29 is 13.2 Å². The first kappa shape index (κ1) is 16.9. The summed E-state index contributed by atoms with van der Waals surface area (Å²) < 4.78 is 22.4. The zero-order valence-corrected chi connectivity index (χ0v) is 14.0. The molecule has 3 aromatic carbocycles. The van der Waals surface area contributed by atoms with Gasteiger partial charge in [-0.25, -0.2) is 13.6 Å². The maximum atomic E-state index is 12.1. The Morgan fingerprint density at radius 2 is 1.60 bits per heavy atom. The minimum Gasteiger partial charge on any atom is -0.323 e. The van der Waals surface area contributed by atoms with Crippen LogP contribution in [-0.2, 0) is 14.8 Å². The molecular formula is C19H16N2O3S. The summed E-state index contributed by atoms with van der Waals surface area (Å²) in [4.78, 5) is 12.1. The molecular weight excluding hydrogens is 336 g/mol. The number of sulfonamides is 1. The lowest BCUT2D eigenvalue weighted by atomic mass is 10.0. The molecule has 0 radical (unpaired) electrons. The van der Waals surface area contributed by atoms with E-state index in [2.05, 4.69) is 5.32 Å². The Hall–Kier alpha value is -2.96. The van der Waals surface area contributed by atoms with Crippen LogP contribution >= 0.6 is 0 Å². The van der Waals surface area contributed by atoms with Gasteiger partial charge in [0.25, 0.3) is 0 Å². The number of fused-ring (bicyclic) bond motifs is 1. The van der Waals surface area contributed by atoms with Crippen molar-refractivity contribution >= 4 is 38.5 Å². The summed E-state index contributed by atoms with van der Waals surface area (Å²) in [7, 11) is -3.74. The van der Waals surface area contributed by atoms with Gasteiger partial charge < -0.3 is 5.32 Å². The molecule has 3 N–H and O–H groups in total. The maximum absolute atomic E-state index is 12.1. The van der Waals surface area contributed by atoms with Crippen molar-refractivity contribution in [3.8, 4) is 0 Å². The second-order valence-corrected chi connectivity index (χ2v) is 7.02. The van der Waals surface area contributed by atoms with Gasteiger partial charge in [0.1, 0.15) is 0 Å². The molecule has 0 saturated heterocycles. The highest BCUT2D eigenvalue weighted by atomic mass is 32.2. The molecule has 0 unspecified atom stereocenters. The standard InChI is InChI=1S/C19H16N2O3S/c20-25(23,24)17-11-9-16(10-12-17)21-19(22)13-8-15-6-3-5-14-4-1-2-7-18(14)15/h1-13H,(H,21,22)(H2,20,23,24)/b13-8+. The molecule has 0 fully saturated rings. The predicted molar refractivity (Wildman–Crippen MR) is 99.4 cm³/mol. The largest absolute Gasteiger partial charge is 0.323 e. The Kier molecular flexibility index (Phi) is 4.65. The second kappa shape index (κ2) is 6.88. The fraction of sp³-hybridized carbons (Fsp3) is 0. The lowest BCUT2D eigenvalue weighted by Crippen LogP contribution is -2.12. The third kappa shape index (κ3) is 4.12. The van der Waals surface area contributed by atoms with E-state index in [1.54, 1.807) is 6.08 Å². The summed E-state index contributed by atoms with van der Waals surface area (Å²) in [6, 6.07) is 19.5. The van der Waals surface area contributed by atoms with E-state index in [9.17, 15) is 13.2 Å². The molecule has 3 rings (SSSR count). The highest BCUT2D eigenvalue weighted by Crippen LogP contribution is 2.19. The number of nitrogens with two attached hydrogens (primary N) is 1. The molecule has 3 aromatic rings. The summed E-state index contributed by atoms with van der Waals surface area (Å²) in [5.41, 5.74) is 1.43. The number of carbonyl (C=O) groups is 1. The van der Waals surface area contributed by atoms with Gasteiger partial charge in [0, 0.05) is 11.8 Å². The SMILES string of the molecule is NS(=O)(=O)c1ccc(NC(=O)/C=C/c2cccc3ccccc23)cc1. The van der Waals surface area contributed by atoms with E-state index in [4.69, 9.17) is 5.14 Å². The van der Waals surface area contributed by atoms with Gasteiger partial charge in [0.15, 0.2) is 0 Å². The van der Waals surface area contributed by atoms with Gasteiger partial charge in [0.05, 0.1) is 4.90 Å². The van der Waals surface area contributed by atoms with Gasteiger partial charge in [-0.3, -0.25) is 4.79 Å². The summed E-state index contributed by atoms with van der Waals surface area (Å²) in [5.74, 6) is -0.309. The van der Waals surface area contributed by atoms with Gasteiger partial charge in [-0.15, -0.1) is 0 Å². The first-order valence-corrected chi connectivity index (χ1v) is 9.08. The van der Waals surface area contributed by atoms with Crippen LogP contribution in [-0.4, -0.2) is 14.3 Å². The average molecular weight is 352 g/mol. The molecule has 0 spiro atoms. The number of hydrogen-bond donors (Lipinski definition) is 2. The Labute approximate surface area is 145 Å². The third-order valence-electron chi connectivity index (χ3n) is 3.69. The number of benzene rings is 3. The second-order valence-electron chi connectivity index (χ2n) is 5.46. The molecule has 0 atom stereocenters. The van der Waals surface area contributed by atoms with Crippen LogP contribution in [0.25, 0.3) is 16.8 Å². The van der Waals surface area contributed by atoms with Gasteiger partial charge in [-0.05, 0) is 46.7 Å². The number of carbonyl (C=O) groups excluding carboxylic acids is 1. The molecule has 0 bridgehead atoms. The molecule has 0 aliphatic heterocycles. The Balaban J connectivity index is 1.75. The number of hydrogen-bond acceptors (Lipinski definition) is 3. The third-order valence-corrected chi connectivity index (χ3v) is 4.62. The maximum Gasteiger partial charge on any atom is 0.248 e. The van der Waals surface area contributed by atoms with Gasteiger partial charge in [-0.1, -0.05) is 42.5 Å². The first-order valence-electron chi connectivity index (χ1n) is 7.53. The highest BCUT2D eigenvalue weighted by Gasteiger charge is 2.07. The molecule has 25 heavy (non-hydrogen) atoms. The van der Waals surface area contributed by atoms with E-state index < -0.39 is 10.0 Å². The molecule has 5 nitrogen and oxygen atoms in total. The number of amides is 1. The van der Waals surface area contributed by atoms with E-state index >= 15 is 0 Å². The summed E-state index contributed by atoms with van der Waals surface area (Å²) in [6.07, 6.45) is 3.19. The smallest absolute Gasteiger partial charge is 0.248 e. The minimum absolute atomic E-state index is 0.00297. The van der Waals surface area contributed by atoms with Crippen molar-refractivity contribution in [2.45, 2.75) is 4.90 Å². The Morgan fingerprint density at radius 1 is 0.920 bits per heavy atom. The van der Waals surface area contributed by atoms with Gasteiger partial charge in [0.2, 0.25) is 15.9 Å². The first-order chi connectivity index (χ1) is 11.9. The molecule has 0 aromatic heterocycles. The zero-order valence-electron chi connectivity index (χ0n) is 13.2. The summed E-state index contributed by atoms with van der Waals surface area (Å²) >= 11 is 0. The quantitative estimate of drug-likeness (QED) is 0.707. The summed E-state index contributed by atoms with van der Waals surface area (Å²) in [5, 5.41) is 9.88. The number of rotatable bonds is 4. The van der Waals surface area contributed by atoms with E-state index in [0.717, 1.165) is 16.3 Å². The molecule has 0 heterocycles. The molecule has 126 valence electrons. The fourth-order valence-corrected chi connectivity index (χ4v) is 2.99. The topological polar surface area (TPSA) is 89.3 Å². The van der Waals surface area contributed by atoms with E-state index in [1.807, 2.05) is 42.5 Å². The van der Waals surface area contributed by atoms with Crippen molar-refractivity contribution in [2.24, 2.45) is 5.14 Å². The van der Waals surface area contributed by atoms with Crippen molar-refractivity contribution in [3.63, 3.8) is 0 Å². The highest BCUT2D eigenvalue weighted by molar-refractivity contribution is 7.89. The van der Waals surface area contributed by atoms with Crippen LogP contribution in [0.15, 0.2) is 77.7 Å². The summed E-state index contributed by atoms with van der Waals surface area (Å²) in [6.45, 7) is 0. The predicted octanol–water partition coefficient (Wildman–Crippen LogP) is 3.14. The minimum atomic E-state index is -3.74. The van der Waals surface area contributed by atoms with Crippen LogP contribution in [0.2, 0.25) is 0 Å². The fourth-order valence-electron chi connectivity index (χ4n) is 2.47. The van der Waals surface area contributed by atoms with Crippen LogP contribution in [0.5, 0.6) is 0 Å². The van der Waals surface area contributed by atoms with Gasteiger partial charge in [-0.2, -0.15) is 0 Å². The van der Waals surface area contributed by atoms with E-state index in [1.165, 1.54) is 30.3 Å². The molecule has 6 heteroatoms. The van der Waals surface area contributed by atoms with Crippen LogP contribution in [0.3, 0.4) is 0 Å². The van der Waals surface area contributed by atoms with Crippen LogP contribution in [0.1, 0.15) is 5.56 Å². The molecule has 0 saturated carbocycles. The zero-order chi connectivity index (χ0) is 17.9. The Bertz CT molecular complexity index is 1050. The lowest BCUT2D eigenvalue weighted by Gasteiger charge is -2.04. The number of primary sulfonamides is 1. The van der Waals surface area contributed by atoms with Crippen LogP contribution in [0, 0.1) is 0 Å². The van der Waals surface area contributed by atoms with Crippen molar-refractivity contribution in [3.05, 3.63) is 78.4 Å². The van der Waals surface area contributed by atoms with Crippen molar-refractivity contribution in [1.82, 2.24) is 0 Å². The number of anilines is 1. The Morgan fingerprint density at radius 3 is 2.32 bits per heavy atom. The van der Waals surface area contributed by atoms with E-state index in [-0.39, 0.29) is 10.8 Å². The average Bonchev–Trinajstić information content (AvgIpc) is 2.59. The molecule has 1 amide bonds. The number of nitrogens with one attached hydrogen (secondary N) is 1. The van der Waals surface area contributed by atoms with Crippen LogP contribution in [0.4, 0.5) is 5.69 Å².